The third-order valence-electron chi connectivity index (χ3n) is 4.59. The number of rotatable bonds is 6. The summed E-state index contributed by atoms with van der Waals surface area (Å²) in [5.41, 5.74) is 0.196. The van der Waals surface area contributed by atoms with Crippen molar-refractivity contribution in [3.8, 4) is 11.1 Å². The minimum Gasteiger partial charge on any atom is -0.444 e. The maximum atomic E-state index is 13.7. The van der Waals surface area contributed by atoms with E-state index >= 15 is 0 Å². The molecule has 172 valence electrons. The van der Waals surface area contributed by atoms with E-state index in [-0.39, 0.29) is 17.7 Å². The van der Waals surface area contributed by atoms with Gasteiger partial charge in [-0.05, 0) is 68.7 Å². The minimum absolute atomic E-state index is 0.111. The number of hydrogen-bond acceptors (Lipinski definition) is 6. The standard InChI is InChI=1S/C23H23FN4O5/c1-23(2,3)33-22(30)25-19(12-14-5-4-6-16(24)11-14)20-13-18(21(29)27-26-20)15-7-9-17(10-8-15)28(31)32/h4-11,13,19H,12H2,1-3H3,(H,25,30)(H,27,29). The summed E-state index contributed by atoms with van der Waals surface area (Å²) in [6, 6.07) is 12.1. The molecule has 0 spiro atoms. The van der Waals surface area contributed by atoms with Crippen LogP contribution >= 0.6 is 0 Å². The molecule has 2 aromatic carbocycles. The van der Waals surface area contributed by atoms with E-state index in [0.717, 1.165) is 0 Å². The molecule has 1 unspecified atom stereocenters. The number of alkyl carbamates (subject to hydrolysis) is 1. The largest absolute Gasteiger partial charge is 0.444 e. The first-order chi connectivity index (χ1) is 15.5. The number of carbonyl (C=O) groups is 1. The summed E-state index contributed by atoms with van der Waals surface area (Å²) in [4.78, 5) is 35.2. The summed E-state index contributed by atoms with van der Waals surface area (Å²) in [6.07, 6.45) is -0.524. The molecule has 0 aliphatic carbocycles. The van der Waals surface area contributed by atoms with Crippen LogP contribution in [-0.4, -0.2) is 26.8 Å². The Kier molecular flexibility index (Phi) is 6.86. The Hall–Kier alpha value is -4.08. The maximum Gasteiger partial charge on any atom is 0.408 e. The molecule has 1 heterocycles. The van der Waals surface area contributed by atoms with Gasteiger partial charge in [0.2, 0.25) is 0 Å². The summed E-state index contributed by atoms with van der Waals surface area (Å²) >= 11 is 0. The van der Waals surface area contributed by atoms with Gasteiger partial charge in [-0.15, -0.1) is 0 Å². The molecule has 0 aliphatic heterocycles. The molecule has 3 aromatic rings. The fourth-order valence-electron chi connectivity index (χ4n) is 3.16. The van der Waals surface area contributed by atoms with Crippen LogP contribution < -0.4 is 10.9 Å². The lowest BCUT2D eigenvalue weighted by Crippen LogP contribution is -2.36. The molecule has 33 heavy (non-hydrogen) atoms. The van der Waals surface area contributed by atoms with Gasteiger partial charge < -0.3 is 10.1 Å². The van der Waals surface area contributed by atoms with Crippen LogP contribution in [0.1, 0.15) is 38.1 Å². The number of hydrogen-bond donors (Lipinski definition) is 2. The van der Waals surface area contributed by atoms with Crippen molar-refractivity contribution in [2.24, 2.45) is 0 Å². The van der Waals surface area contributed by atoms with Gasteiger partial charge in [0.25, 0.3) is 11.2 Å². The molecule has 1 amide bonds. The van der Waals surface area contributed by atoms with Gasteiger partial charge in [0.15, 0.2) is 0 Å². The zero-order chi connectivity index (χ0) is 24.2. The predicted octanol–water partition coefficient (Wildman–Crippen LogP) is 4.29. The predicted molar refractivity (Wildman–Crippen MR) is 119 cm³/mol. The van der Waals surface area contributed by atoms with Crippen LogP contribution in [-0.2, 0) is 11.2 Å². The average molecular weight is 454 g/mol. The highest BCUT2D eigenvalue weighted by Crippen LogP contribution is 2.24. The van der Waals surface area contributed by atoms with Crippen molar-refractivity contribution in [2.45, 2.75) is 38.8 Å². The normalized spacial score (nSPS) is 12.1. The second-order valence-electron chi connectivity index (χ2n) is 8.37. The van der Waals surface area contributed by atoms with Crippen LogP contribution in [0.25, 0.3) is 11.1 Å². The first-order valence-electron chi connectivity index (χ1n) is 10.1. The smallest absolute Gasteiger partial charge is 0.408 e. The average Bonchev–Trinajstić information content (AvgIpc) is 2.72. The van der Waals surface area contributed by atoms with E-state index in [4.69, 9.17) is 4.74 Å². The SMILES string of the molecule is CC(C)(C)OC(=O)NC(Cc1cccc(F)c1)c1cc(-c2ccc([N+](=O)[O-])cc2)c(=O)[nH]n1. The number of non-ortho nitro benzene ring substituents is 1. The van der Waals surface area contributed by atoms with Gasteiger partial charge in [0.05, 0.1) is 22.2 Å². The van der Waals surface area contributed by atoms with E-state index in [2.05, 4.69) is 15.5 Å². The Labute approximate surface area is 188 Å². The fourth-order valence-corrected chi connectivity index (χ4v) is 3.16. The number of aromatic nitrogens is 2. The number of H-pyrrole nitrogens is 1. The van der Waals surface area contributed by atoms with Crippen LogP contribution in [0.2, 0.25) is 0 Å². The number of nitro groups is 1. The number of benzene rings is 2. The van der Waals surface area contributed by atoms with Gasteiger partial charge in [0, 0.05) is 12.1 Å². The van der Waals surface area contributed by atoms with Gasteiger partial charge in [-0.2, -0.15) is 5.10 Å². The van der Waals surface area contributed by atoms with Crippen LogP contribution in [0.4, 0.5) is 14.9 Å². The van der Waals surface area contributed by atoms with Crippen molar-refractivity contribution in [1.82, 2.24) is 15.5 Å². The van der Waals surface area contributed by atoms with Crippen LogP contribution in [0.3, 0.4) is 0 Å². The number of ether oxygens (including phenoxy) is 1. The monoisotopic (exact) mass is 454 g/mol. The van der Waals surface area contributed by atoms with Crippen LogP contribution in [0.15, 0.2) is 59.4 Å². The highest BCUT2D eigenvalue weighted by Gasteiger charge is 2.23. The summed E-state index contributed by atoms with van der Waals surface area (Å²) in [6.45, 7) is 5.16. The lowest BCUT2D eigenvalue weighted by molar-refractivity contribution is -0.384. The molecular formula is C23H23FN4O5. The number of amides is 1. The lowest BCUT2D eigenvalue weighted by atomic mass is 10.00. The molecular weight excluding hydrogens is 431 g/mol. The second-order valence-corrected chi connectivity index (χ2v) is 8.37. The third-order valence-corrected chi connectivity index (χ3v) is 4.59. The van der Waals surface area contributed by atoms with Crippen LogP contribution in [0, 0.1) is 15.9 Å². The van der Waals surface area contributed by atoms with E-state index in [9.17, 15) is 24.1 Å². The quantitative estimate of drug-likeness (QED) is 0.422. The Bertz CT molecular complexity index is 1220. The van der Waals surface area contributed by atoms with Gasteiger partial charge in [-0.1, -0.05) is 12.1 Å². The number of carbonyl (C=O) groups excluding carboxylic acids is 1. The molecule has 2 N–H and O–H groups in total. The molecule has 1 atom stereocenters. The van der Waals surface area contributed by atoms with Crippen molar-refractivity contribution >= 4 is 11.8 Å². The van der Waals surface area contributed by atoms with E-state index < -0.39 is 34.0 Å². The van der Waals surface area contributed by atoms with Gasteiger partial charge in [-0.25, -0.2) is 14.3 Å². The minimum atomic E-state index is -0.754. The molecule has 3 rings (SSSR count). The van der Waals surface area contributed by atoms with Gasteiger partial charge >= 0.3 is 6.09 Å². The van der Waals surface area contributed by atoms with Crippen molar-refractivity contribution in [1.29, 1.82) is 0 Å². The second kappa shape index (κ2) is 9.60. The molecule has 1 aromatic heterocycles. The highest BCUT2D eigenvalue weighted by atomic mass is 19.1. The van der Waals surface area contributed by atoms with Gasteiger partial charge in [-0.3, -0.25) is 14.9 Å². The van der Waals surface area contributed by atoms with Crippen LogP contribution in [0.5, 0.6) is 0 Å². The van der Waals surface area contributed by atoms with E-state index in [1.165, 1.54) is 42.5 Å². The lowest BCUT2D eigenvalue weighted by Gasteiger charge is -2.23. The zero-order valence-electron chi connectivity index (χ0n) is 18.3. The first kappa shape index (κ1) is 23.6. The highest BCUT2D eigenvalue weighted by molar-refractivity contribution is 5.69. The molecule has 0 saturated carbocycles. The molecule has 0 fully saturated rings. The Morgan fingerprint density at radius 3 is 2.52 bits per heavy atom. The molecule has 0 radical (unpaired) electrons. The number of aromatic amines is 1. The number of nitrogens with zero attached hydrogens (tertiary/aromatic N) is 2. The Morgan fingerprint density at radius 1 is 1.21 bits per heavy atom. The maximum absolute atomic E-state index is 13.7. The zero-order valence-corrected chi connectivity index (χ0v) is 18.3. The number of nitrogens with one attached hydrogen (secondary N) is 2. The van der Waals surface area contributed by atoms with Crippen molar-refractivity contribution < 1.29 is 18.8 Å². The molecule has 9 nitrogen and oxygen atoms in total. The van der Waals surface area contributed by atoms with E-state index in [1.807, 2.05) is 0 Å². The summed E-state index contributed by atoms with van der Waals surface area (Å²) < 4.78 is 19.0. The Balaban J connectivity index is 1.98. The van der Waals surface area contributed by atoms with Crippen molar-refractivity contribution in [3.63, 3.8) is 0 Å². The molecule has 0 aliphatic rings. The third kappa shape index (κ3) is 6.45. The molecule has 10 heteroatoms. The number of halogens is 1. The molecule has 0 saturated heterocycles. The van der Waals surface area contributed by atoms with E-state index in [1.54, 1.807) is 32.9 Å². The van der Waals surface area contributed by atoms with Gasteiger partial charge in [0.1, 0.15) is 11.4 Å². The summed E-state index contributed by atoms with van der Waals surface area (Å²) in [5.74, 6) is -0.426. The number of nitro benzene ring substituents is 1. The summed E-state index contributed by atoms with van der Waals surface area (Å²) in [7, 11) is 0. The summed E-state index contributed by atoms with van der Waals surface area (Å²) in [5, 5.41) is 20.1. The van der Waals surface area contributed by atoms with E-state index in [0.29, 0.717) is 16.8 Å². The Morgan fingerprint density at radius 2 is 1.91 bits per heavy atom. The first-order valence-corrected chi connectivity index (χ1v) is 10.1. The van der Waals surface area contributed by atoms with Crippen molar-refractivity contribution in [3.05, 3.63) is 92.1 Å². The topological polar surface area (TPSA) is 127 Å². The fraction of sp³-hybridized carbons (Fsp3) is 0.261. The van der Waals surface area contributed by atoms with Crippen molar-refractivity contribution in [2.75, 3.05) is 0 Å². The molecule has 0 bridgehead atoms.